The lowest BCUT2D eigenvalue weighted by Crippen LogP contribution is -2.19. The summed E-state index contributed by atoms with van der Waals surface area (Å²) in [5, 5.41) is 7.67. The van der Waals surface area contributed by atoms with E-state index in [0.717, 1.165) is 35.4 Å². The van der Waals surface area contributed by atoms with Crippen LogP contribution in [0.15, 0.2) is 24.3 Å². The molecule has 1 aliphatic carbocycles. The summed E-state index contributed by atoms with van der Waals surface area (Å²) in [7, 11) is 0. The standard InChI is InChI=1S/C23H27FN4O/c1-14-11-18(9-10-19(14)24)21-22(26-20(29)13-17-7-5-4-6-8-17)27-28-16(3)12-15(2)25-23(21)28/h9-12,17H,4-8,13H2,1-3H3,(H,26,27,29). The molecule has 1 N–H and O–H groups in total. The first kappa shape index (κ1) is 19.6. The summed E-state index contributed by atoms with van der Waals surface area (Å²) in [4.78, 5) is 17.4. The third-order valence-electron chi connectivity index (χ3n) is 5.80. The molecule has 6 heteroatoms. The van der Waals surface area contributed by atoms with Crippen molar-refractivity contribution in [3.05, 3.63) is 47.0 Å². The van der Waals surface area contributed by atoms with E-state index in [2.05, 4.69) is 15.4 Å². The van der Waals surface area contributed by atoms with Gasteiger partial charge in [0, 0.05) is 17.8 Å². The van der Waals surface area contributed by atoms with Crippen LogP contribution in [-0.2, 0) is 4.79 Å². The van der Waals surface area contributed by atoms with Crippen molar-refractivity contribution in [2.24, 2.45) is 5.92 Å². The molecule has 0 atom stereocenters. The first-order valence-corrected chi connectivity index (χ1v) is 10.4. The van der Waals surface area contributed by atoms with Crippen LogP contribution < -0.4 is 5.32 Å². The Balaban J connectivity index is 1.75. The molecule has 1 aliphatic rings. The minimum atomic E-state index is -0.256. The van der Waals surface area contributed by atoms with Gasteiger partial charge in [0.25, 0.3) is 0 Å². The normalized spacial score (nSPS) is 15.0. The molecule has 3 aromatic rings. The minimum absolute atomic E-state index is 0.0187. The lowest BCUT2D eigenvalue weighted by Gasteiger charge is -2.20. The Morgan fingerprint density at radius 1 is 1.17 bits per heavy atom. The molecule has 0 bridgehead atoms. The number of hydrogen-bond donors (Lipinski definition) is 1. The average Bonchev–Trinajstić information content (AvgIpc) is 3.03. The summed E-state index contributed by atoms with van der Waals surface area (Å²) in [6, 6.07) is 6.90. The topological polar surface area (TPSA) is 59.3 Å². The van der Waals surface area contributed by atoms with Gasteiger partial charge in [-0.1, -0.05) is 25.3 Å². The molecule has 29 heavy (non-hydrogen) atoms. The minimum Gasteiger partial charge on any atom is -0.309 e. The molecule has 1 aromatic carbocycles. The number of benzene rings is 1. The molecule has 0 saturated heterocycles. The summed E-state index contributed by atoms with van der Waals surface area (Å²) >= 11 is 0. The van der Waals surface area contributed by atoms with Gasteiger partial charge < -0.3 is 5.32 Å². The van der Waals surface area contributed by atoms with Gasteiger partial charge in [-0.2, -0.15) is 0 Å². The molecule has 1 amide bonds. The van der Waals surface area contributed by atoms with Crippen LogP contribution in [0.5, 0.6) is 0 Å². The Morgan fingerprint density at radius 2 is 1.93 bits per heavy atom. The monoisotopic (exact) mass is 394 g/mol. The van der Waals surface area contributed by atoms with Gasteiger partial charge in [-0.3, -0.25) is 4.79 Å². The number of aryl methyl sites for hydroxylation is 3. The fourth-order valence-corrected chi connectivity index (χ4v) is 4.31. The zero-order valence-corrected chi connectivity index (χ0v) is 17.3. The van der Waals surface area contributed by atoms with Crippen molar-refractivity contribution >= 4 is 17.4 Å². The van der Waals surface area contributed by atoms with E-state index in [1.807, 2.05) is 19.9 Å². The second-order valence-electron chi connectivity index (χ2n) is 8.22. The number of amides is 1. The highest BCUT2D eigenvalue weighted by atomic mass is 19.1. The molecular formula is C23H27FN4O. The highest BCUT2D eigenvalue weighted by Gasteiger charge is 2.22. The number of carbonyl (C=O) groups excluding carboxylic acids is 1. The summed E-state index contributed by atoms with van der Waals surface area (Å²) in [6.45, 7) is 5.62. The van der Waals surface area contributed by atoms with Crippen molar-refractivity contribution in [3.63, 3.8) is 0 Å². The maximum Gasteiger partial charge on any atom is 0.225 e. The maximum absolute atomic E-state index is 13.8. The van der Waals surface area contributed by atoms with Crippen molar-refractivity contribution in [1.29, 1.82) is 0 Å². The molecule has 152 valence electrons. The van der Waals surface area contributed by atoms with E-state index in [4.69, 9.17) is 0 Å². The predicted molar refractivity (Wildman–Crippen MR) is 112 cm³/mol. The van der Waals surface area contributed by atoms with Crippen molar-refractivity contribution in [2.45, 2.75) is 59.3 Å². The summed E-state index contributed by atoms with van der Waals surface area (Å²) in [6.07, 6.45) is 6.42. The average molecular weight is 394 g/mol. The van der Waals surface area contributed by atoms with E-state index in [1.54, 1.807) is 23.6 Å². The fourth-order valence-electron chi connectivity index (χ4n) is 4.31. The molecule has 2 aromatic heterocycles. The fraction of sp³-hybridized carbons (Fsp3) is 0.435. The van der Waals surface area contributed by atoms with Gasteiger partial charge in [-0.05, 0) is 68.9 Å². The third-order valence-corrected chi connectivity index (χ3v) is 5.80. The number of aromatic nitrogens is 3. The number of nitrogens with one attached hydrogen (secondary N) is 1. The largest absolute Gasteiger partial charge is 0.309 e. The van der Waals surface area contributed by atoms with E-state index >= 15 is 0 Å². The summed E-state index contributed by atoms with van der Waals surface area (Å²) < 4.78 is 15.6. The van der Waals surface area contributed by atoms with E-state index in [1.165, 1.54) is 25.3 Å². The van der Waals surface area contributed by atoms with Gasteiger partial charge in [0.15, 0.2) is 11.5 Å². The lowest BCUT2D eigenvalue weighted by molar-refractivity contribution is -0.117. The van der Waals surface area contributed by atoms with Crippen LogP contribution in [-0.4, -0.2) is 20.5 Å². The molecule has 4 rings (SSSR count). The molecule has 0 radical (unpaired) electrons. The third kappa shape index (κ3) is 4.02. The molecule has 2 heterocycles. The summed E-state index contributed by atoms with van der Waals surface area (Å²) in [5.74, 6) is 0.653. The molecule has 0 spiro atoms. The molecular weight excluding hydrogens is 367 g/mol. The van der Waals surface area contributed by atoms with Crippen molar-refractivity contribution in [3.8, 4) is 11.1 Å². The van der Waals surface area contributed by atoms with Crippen molar-refractivity contribution in [1.82, 2.24) is 14.6 Å². The predicted octanol–water partition coefficient (Wildman–Crippen LogP) is 5.37. The Bertz CT molecular complexity index is 1070. The van der Waals surface area contributed by atoms with E-state index < -0.39 is 0 Å². The highest BCUT2D eigenvalue weighted by Crippen LogP contribution is 2.34. The number of carbonyl (C=O) groups is 1. The van der Waals surface area contributed by atoms with E-state index in [9.17, 15) is 9.18 Å². The second kappa shape index (κ2) is 7.93. The zero-order valence-electron chi connectivity index (χ0n) is 17.3. The number of fused-ring (bicyclic) bond motifs is 1. The van der Waals surface area contributed by atoms with Gasteiger partial charge in [0.2, 0.25) is 5.91 Å². The Morgan fingerprint density at radius 3 is 2.66 bits per heavy atom. The van der Waals surface area contributed by atoms with Gasteiger partial charge >= 0.3 is 0 Å². The highest BCUT2D eigenvalue weighted by molar-refractivity contribution is 5.98. The van der Waals surface area contributed by atoms with Crippen molar-refractivity contribution < 1.29 is 9.18 Å². The number of nitrogens with zero attached hydrogens (tertiary/aromatic N) is 3. The lowest BCUT2D eigenvalue weighted by atomic mass is 9.87. The Labute approximate surface area is 170 Å². The van der Waals surface area contributed by atoms with Crippen LogP contribution in [0.2, 0.25) is 0 Å². The first-order chi connectivity index (χ1) is 13.9. The van der Waals surface area contributed by atoms with Crippen molar-refractivity contribution in [2.75, 3.05) is 5.32 Å². The quantitative estimate of drug-likeness (QED) is 0.647. The number of rotatable bonds is 4. The Kier molecular flexibility index (Phi) is 5.35. The number of halogens is 1. The Hall–Kier alpha value is -2.76. The van der Waals surface area contributed by atoms with Crippen LogP contribution in [0, 0.1) is 32.5 Å². The number of hydrogen-bond acceptors (Lipinski definition) is 3. The van der Waals surface area contributed by atoms with Gasteiger partial charge in [0.1, 0.15) is 5.82 Å². The zero-order chi connectivity index (χ0) is 20.5. The van der Waals surface area contributed by atoms with Gasteiger partial charge in [-0.25, -0.2) is 13.9 Å². The molecule has 1 saturated carbocycles. The first-order valence-electron chi connectivity index (χ1n) is 10.4. The van der Waals surface area contributed by atoms with E-state index in [0.29, 0.717) is 29.4 Å². The number of anilines is 1. The van der Waals surface area contributed by atoms with Gasteiger partial charge in [-0.15, -0.1) is 5.10 Å². The smallest absolute Gasteiger partial charge is 0.225 e. The van der Waals surface area contributed by atoms with E-state index in [-0.39, 0.29) is 11.7 Å². The molecule has 1 fully saturated rings. The van der Waals surface area contributed by atoms with Crippen LogP contribution in [0.1, 0.15) is 55.5 Å². The molecule has 0 aliphatic heterocycles. The molecule has 5 nitrogen and oxygen atoms in total. The van der Waals surface area contributed by atoms with Crippen LogP contribution >= 0.6 is 0 Å². The van der Waals surface area contributed by atoms with Crippen LogP contribution in [0.3, 0.4) is 0 Å². The molecule has 0 unspecified atom stereocenters. The van der Waals surface area contributed by atoms with Gasteiger partial charge in [0.05, 0.1) is 5.56 Å². The second-order valence-corrected chi connectivity index (χ2v) is 8.22. The van der Waals surface area contributed by atoms with Crippen LogP contribution in [0.25, 0.3) is 16.8 Å². The summed E-state index contributed by atoms with van der Waals surface area (Å²) in [5.41, 5.74) is 4.55. The maximum atomic E-state index is 13.8. The SMILES string of the molecule is Cc1cc(C)n2nc(NC(=O)CC3CCCCC3)c(-c3ccc(F)c(C)c3)c2n1. The van der Waals surface area contributed by atoms with Crippen LogP contribution in [0.4, 0.5) is 10.2 Å².